The fourth-order valence-corrected chi connectivity index (χ4v) is 3.98. The third-order valence-electron chi connectivity index (χ3n) is 5.62. The van der Waals surface area contributed by atoms with Crippen molar-refractivity contribution in [2.45, 2.75) is 58.0 Å². The first-order chi connectivity index (χ1) is 9.96. The van der Waals surface area contributed by atoms with Crippen LogP contribution < -0.4 is 0 Å². The topological polar surface area (TPSA) is 26.3 Å². The average molecular weight is 284 g/mol. The van der Waals surface area contributed by atoms with E-state index in [9.17, 15) is 4.79 Å². The molecule has 0 radical (unpaired) electrons. The first-order valence-corrected chi connectivity index (χ1v) is 7.91. The first kappa shape index (κ1) is 14.4. The Morgan fingerprint density at radius 2 is 1.86 bits per heavy atom. The molecule has 1 fully saturated rings. The molecule has 1 unspecified atom stereocenters. The standard InChI is InChI=1S/C19H24O2/c1-14(2)17(20)21-18(3)13-16-8-5-4-7-15(16)9-12-19(18)10-6-11-19/h4-5,7-8H,1,6,9-13H2,2-3H3. The lowest BCUT2D eigenvalue weighted by molar-refractivity contribution is -0.181. The molecule has 0 amide bonds. The number of carbonyl (C=O) groups is 1. The van der Waals surface area contributed by atoms with Gasteiger partial charge in [-0.25, -0.2) is 4.79 Å². The van der Waals surface area contributed by atoms with Crippen molar-refractivity contribution >= 4 is 5.97 Å². The number of ether oxygens (including phenoxy) is 1. The van der Waals surface area contributed by atoms with Crippen molar-refractivity contribution < 1.29 is 9.53 Å². The maximum atomic E-state index is 12.1. The van der Waals surface area contributed by atoms with Gasteiger partial charge in [0.2, 0.25) is 0 Å². The molecule has 0 saturated heterocycles. The van der Waals surface area contributed by atoms with Crippen LogP contribution in [0.3, 0.4) is 0 Å². The van der Waals surface area contributed by atoms with Gasteiger partial charge in [0.1, 0.15) is 5.60 Å². The third kappa shape index (κ3) is 2.31. The van der Waals surface area contributed by atoms with Crippen molar-refractivity contribution in [1.82, 2.24) is 0 Å². The zero-order valence-electron chi connectivity index (χ0n) is 13.1. The van der Waals surface area contributed by atoms with Gasteiger partial charge in [0.15, 0.2) is 0 Å². The second kappa shape index (κ2) is 5.01. The van der Waals surface area contributed by atoms with Crippen molar-refractivity contribution in [2.24, 2.45) is 5.41 Å². The summed E-state index contributed by atoms with van der Waals surface area (Å²) in [7, 11) is 0. The summed E-state index contributed by atoms with van der Waals surface area (Å²) in [5.74, 6) is -0.247. The van der Waals surface area contributed by atoms with Gasteiger partial charge in [-0.2, -0.15) is 0 Å². The maximum Gasteiger partial charge on any atom is 0.333 e. The van der Waals surface area contributed by atoms with E-state index in [1.165, 1.54) is 30.4 Å². The molecule has 112 valence electrons. The number of aryl methyl sites for hydroxylation is 1. The monoisotopic (exact) mass is 284 g/mol. The summed E-state index contributed by atoms with van der Waals surface area (Å²) in [6.45, 7) is 7.60. The smallest absolute Gasteiger partial charge is 0.333 e. The molecule has 3 rings (SSSR count). The largest absolute Gasteiger partial charge is 0.455 e. The average Bonchev–Trinajstić information content (AvgIpc) is 2.51. The fraction of sp³-hybridized carbons (Fsp3) is 0.526. The van der Waals surface area contributed by atoms with E-state index in [2.05, 4.69) is 37.8 Å². The first-order valence-electron chi connectivity index (χ1n) is 7.91. The summed E-state index contributed by atoms with van der Waals surface area (Å²) < 4.78 is 6.00. The van der Waals surface area contributed by atoms with Gasteiger partial charge in [0.25, 0.3) is 0 Å². The molecule has 0 bridgehead atoms. The van der Waals surface area contributed by atoms with Crippen LogP contribution in [-0.4, -0.2) is 11.6 Å². The van der Waals surface area contributed by atoms with Crippen molar-refractivity contribution in [3.63, 3.8) is 0 Å². The van der Waals surface area contributed by atoms with Crippen LogP contribution >= 0.6 is 0 Å². The second-order valence-corrected chi connectivity index (χ2v) is 6.98. The number of hydrogen-bond acceptors (Lipinski definition) is 2. The molecule has 2 aliphatic rings. The van der Waals surface area contributed by atoms with Gasteiger partial charge in [0.05, 0.1) is 0 Å². The number of benzene rings is 1. The van der Waals surface area contributed by atoms with Crippen LogP contribution in [0.2, 0.25) is 0 Å². The Bertz CT molecular complexity index is 583. The fourth-order valence-electron chi connectivity index (χ4n) is 3.98. The lowest BCUT2D eigenvalue weighted by Gasteiger charge is -2.53. The van der Waals surface area contributed by atoms with Crippen LogP contribution in [0.25, 0.3) is 0 Å². The highest BCUT2D eigenvalue weighted by atomic mass is 16.6. The number of esters is 1. The minimum Gasteiger partial charge on any atom is -0.455 e. The second-order valence-electron chi connectivity index (χ2n) is 6.98. The van der Waals surface area contributed by atoms with Crippen LogP contribution in [0.1, 0.15) is 50.7 Å². The molecular formula is C19H24O2. The molecule has 1 saturated carbocycles. The Morgan fingerprint density at radius 1 is 1.19 bits per heavy atom. The highest BCUT2D eigenvalue weighted by Gasteiger charge is 2.55. The van der Waals surface area contributed by atoms with E-state index in [4.69, 9.17) is 4.74 Å². The molecule has 1 aromatic carbocycles. The van der Waals surface area contributed by atoms with E-state index >= 15 is 0 Å². The van der Waals surface area contributed by atoms with Gasteiger partial charge in [-0.3, -0.25) is 0 Å². The highest BCUT2D eigenvalue weighted by molar-refractivity contribution is 5.87. The lowest BCUT2D eigenvalue weighted by atomic mass is 9.56. The zero-order valence-corrected chi connectivity index (χ0v) is 13.1. The summed E-state index contributed by atoms with van der Waals surface area (Å²) in [5, 5.41) is 0. The Morgan fingerprint density at radius 3 is 2.43 bits per heavy atom. The Labute approximate surface area is 127 Å². The molecule has 0 aromatic heterocycles. The minimum absolute atomic E-state index is 0.150. The molecule has 0 aliphatic heterocycles. The molecule has 2 heteroatoms. The van der Waals surface area contributed by atoms with E-state index in [-0.39, 0.29) is 11.4 Å². The Hall–Kier alpha value is -1.57. The zero-order chi connectivity index (χ0) is 15.1. The number of hydrogen-bond donors (Lipinski definition) is 0. The van der Waals surface area contributed by atoms with E-state index in [0.29, 0.717) is 5.57 Å². The molecule has 1 atom stereocenters. The van der Waals surface area contributed by atoms with Gasteiger partial charge in [-0.05, 0) is 50.7 Å². The molecule has 21 heavy (non-hydrogen) atoms. The van der Waals surface area contributed by atoms with Crippen LogP contribution in [0.5, 0.6) is 0 Å². The number of rotatable bonds is 2. The predicted molar refractivity (Wildman–Crippen MR) is 84.1 cm³/mol. The summed E-state index contributed by atoms with van der Waals surface area (Å²) in [5.41, 5.74) is 2.98. The molecule has 1 spiro atoms. The van der Waals surface area contributed by atoms with Crippen molar-refractivity contribution in [1.29, 1.82) is 0 Å². The summed E-state index contributed by atoms with van der Waals surface area (Å²) in [6, 6.07) is 8.58. The van der Waals surface area contributed by atoms with Gasteiger partial charge in [-0.1, -0.05) is 37.3 Å². The molecule has 2 nitrogen and oxygen atoms in total. The van der Waals surface area contributed by atoms with Gasteiger partial charge in [-0.15, -0.1) is 0 Å². The van der Waals surface area contributed by atoms with E-state index < -0.39 is 5.60 Å². The minimum atomic E-state index is -0.409. The predicted octanol–water partition coefficient (Wildman–Crippen LogP) is 4.22. The van der Waals surface area contributed by atoms with Crippen LogP contribution in [0.4, 0.5) is 0 Å². The summed E-state index contributed by atoms with van der Waals surface area (Å²) in [6.07, 6.45) is 6.61. The third-order valence-corrected chi connectivity index (χ3v) is 5.62. The van der Waals surface area contributed by atoms with Gasteiger partial charge in [0, 0.05) is 17.4 Å². The van der Waals surface area contributed by atoms with E-state index in [0.717, 1.165) is 19.3 Å². The normalized spacial score (nSPS) is 26.4. The van der Waals surface area contributed by atoms with Crippen LogP contribution in [-0.2, 0) is 22.4 Å². The van der Waals surface area contributed by atoms with Gasteiger partial charge >= 0.3 is 5.97 Å². The summed E-state index contributed by atoms with van der Waals surface area (Å²) in [4.78, 5) is 12.1. The molecule has 0 N–H and O–H groups in total. The quantitative estimate of drug-likeness (QED) is 0.600. The van der Waals surface area contributed by atoms with Crippen LogP contribution in [0, 0.1) is 5.41 Å². The van der Waals surface area contributed by atoms with E-state index in [1.54, 1.807) is 6.92 Å². The van der Waals surface area contributed by atoms with Crippen molar-refractivity contribution in [3.05, 3.63) is 47.5 Å². The molecule has 2 aliphatic carbocycles. The van der Waals surface area contributed by atoms with Crippen molar-refractivity contribution in [3.8, 4) is 0 Å². The Balaban J connectivity index is 1.97. The van der Waals surface area contributed by atoms with E-state index in [1.807, 2.05) is 0 Å². The van der Waals surface area contributed by atoms with Gasteiger partial charge < -0.3 is 4.74 Å². The maximum absolute atomic E-state index is 12.1. The number of carbonyl (C=O) groups excluding carboxylic acids is 1. The summed E-state index contributed by atoms with van der Waals surface area (Å²) >= 11 is 0. The van der Waals surface area contributed by atoms with Crippen molar-refractivity contribution in [2.75, 3.05) is 0 Å². The molecule has 1 aromatic rings. The Kier molecular flexibility index (Phi) is 3.43. The lowest BCUT2D eigenvalue weighted by Crippen LogP contribution is -2.54. The van der Waals surface area contributed by atoms with Crippen LogP contribution in [0.15, 0.2) is 36.4 Å². The number of fused-ring (bicyclic) bond motifs is 1. The highest BCUT2D eigenvalue weighted by Crippen LogP contribution is 2.56. The molecule has 0 heterocycles. The molecular weight excluding hydrogens is 260 g/mol. The SMILES string of the molecule is C=C(C)C(=O)OC1(C)Cc2ccccc2CCC12CCC2.